The van der Waals surface area contributed by atoms with Gasteiger partial charge in [-0.3, -0.25) is 4.79 Å². The zero-order chi connectivity index (χ0) is 11.3. The van der Waals surface area contributed by atoms with Gasteiger partial charge >= 0.3 is 0 Å². The van der Waals surface area contributed by atoms with Crippen LogP contribution in [0.15, 0.2) is 18.2 Å². The number of nitrogens with zero attached hydrogens (tertiary/aromatic N) is 2. The Hall–Kier alpha value is -1.33. The molecule has 0 unspecified atom stereocenters. The smallest absolute Gasteiger partial charge is 0.272 e. The first-order chi connectivity index (χ1) is 7.15. The van der Waals surface area contributed by atoms with Crippen molar-refractivity contribution in [3.63, 3.8) is 0 Å². The largest absolute Gasteiger partial charge is 0.384 e. The molecule has 1 aromatic rings. The molecule has 0 atom stereocenters. The standard InChI is InChI=1S/C10H15N3O2.ClH/c1-13(6-7-15-2)10(14)8-4-3-5-9(11)12-8;/h3-5H,6-7H2,1-2H3,(H2,11,12);1H. The first-order valence-corrected chi connectivity index (χ1v) is 4.62. The van der Waals surface area contributed by atoms with Gasteiger partial charge in [0, 0.05) is 20.7 Å². The fourth-order valence-corrected chi connectivity index (χ4v) is 1.10. The summed E-state index contributed by atoms with van der Waals surface area (Å²) in [5.41, 5.74) is 5.85. The molecule has 1 rings (SSSR count). The summed E-state index contributed by atoms with van der Waals surface area (Å²) in [5, 5.41) is 0. The molecule has 0 spiro atoms. The van der Waals surface area contributed by atoms with Gasteiger partial charge in [0.2, 0.25) is 0 Å². The number of anilines is 1. The third-order valence-electron chi connectivity index (χ3n) is 1.97. The summed E-state index contributed by atoms with van der Waals surface area (Å²) < 4.78 is 4.88. The number of pyridine rings is 1. The van der Waals surface area contributed by atoms with E-state index in [0.717, 1.165) is 0 Å². The van der Waals surface area contributed by atoms with Crippen LogP contribution >= 0.6 is 12.4 Å². The molecule has 0 saturated carbocycles. The average molecular weight is 246 g/mol. The Kier molecular flexibility index (Phi) is 6.44. The van der Waals surface area contributed by atoms with Crippen LogP contribution in [0.2, 0.25) is 0 Å². The van der Waals surface area contributed by atoms with E-state index in [2.05, 4.69) is 4.98 Å². The number of aromatic nitrogens is 1. The molecule has 0 radical (unpaired) electrons. The number of rotatable bonds is 4. The zero-order valence-corrected chi connectivity index (χ0v) is 10.2. The molecule has 0 saturated heterocycles. The fraction of sp³-hybridized carbons (Fsp3) is 0.400. The Bertz CT molecular complexity index is 347. The molecule has 2 N–H and O–H groups in total. The van der Waals surface area contributed by atoms with Gasteiger partial charge in [-0.05, 0) is 12.1 Å². The number of nitrogen functional groups attached to an aromatic ring is 1. The quantitative estimate of drug-likeness (QED) is 0.852. The van der Waals surface area contributed by atoms with Crippen molar-refractivity contribution in [2.24, 2.45) is 0 Å². The van der Waals surface area contributed by atoms with Crippen LogP contribution in [0.3, 0.4) is 0 Å². The first-order valence-electron chi connectivity index (χ1n) is 4.62. The lowest BCUT2D eigenvalue weighted by Gasteiger charge is -2.15. The van der Waals surface area contributed by atoms with Gasteiger partial charge in [-0.2, -0.15) is 0 Å². The normalized spacial score (nSPS) is 9.38. The van der Waals surface area contributed by atoms with Gasteiger partial charge in [-0.15, -0.1) is 12.4 Å². The Morgan fingerprint density at radius 3 is 2.81 bits per heavy atom. The van der Waals surface area contributed by atoms with Crippen LogP contribution in [0.25, 0.3) is 0 Å². The van der Waals surface area contributed by atoms with Crippen molar-refractivity contribution in [1.29, 1.82) is 0 Å². The topological polar surface area (TPSA) is 68.5 Å². The fourth-order valence-electron chi connectivity index (χ4n) is 1.10. The van der Waals surface area contributed by atoms with E-state index in [1.807, 2.05) is 0 Å². The molecule has 0 bridgehead atoms. The van der Waals surface area contributed by atoms with Gasteiger partial charge in [0.15, 0.2) is 0 Å². The van der Waals surface area contributed by atoms with Gasteiger partial charge in [0.05, 0.1) is 6.61 Å². The molecule has 16 heavy (non-hydrogen) atoms. The monoisotopic (exact) mass is 245 g/mol. The number of carbonyl (C=O) groups excluding carboxylic acids is 1. The molecule has 0 fully saturated rings. The van der Waals surface area contributed by atoms with E-state index < -0.39 is 0 Å². The maximum atomic E-state index is 11.8. The lowest BCUT2D eigenvalue weighted by Crippen LogP contribution is -2.30. The van der Waals surface area contributed by atoms with Crippen LogP contribution in [0, 0.1) is 0 Å². The van der Waals surface area contributed by atoms with Crippen LogP contribution < -0.4 is 5.73 Å². The summed E-state index contributed by atoms with van der Waals surface area (Å²) in [6.45, 7) is 1.04. The van der Waals surface area contributed by atoms with Crippen molar-refractivity contribution in [2.75, 3.05) is 33.0 Å². The van der Waals surface area contributed by atoms with Crippen molar-refractivity contribution in [3.8, 4) is 0 Å². The highest BCUT2D eigenvalue weighted by atomic mass is 35.5. The van der Waals surface area contributed by atoms with Gasteiger partial charge in [0.25, 0.3) is 5.91 Å². The molecule has 1 aromatic heterocycles. The maximum absolute atomic E-state index is 11.8. The lowest BCUT2D eigenvalue weighted by atomic mass is 10.3. The van der Waals surface area contributed by atoms with Crippen LogP contribution in [-0.4, -0.2) is 43.1 Å². The average Bonchev–Trinajstić information content (AvgIpc) is 2.24. The Morgan fingerprint density at radius 2 is 2.25 bits per heavy atom. The second kappa shape index (κ2) is 7.03. The minimum absolute atomic E-state index is 0. The van der Waals surface area contributed by atoms with Gasteiger partial charge < -0.3 is 15.4 Å². The Morgan fingerprint density at radius 1 is 1.56 bits per heavy atom. The molecule has 0 aliphatic heterocycles. The van der Waals surface area contributed by atoms with Crippen LogP contribution in [0.5, 0.6) is 0 Å². The minimum atomic E-state index is -0.153. The third kappa shape index (κ3) is 4.04. The molecule has 0 aromatic carbocycles. The summed E-state index contributed by atoms with van der Waals surface area (Å²) >= 11 is 0. The van der Waals surface area contributed by atoms with Crippen molar-refractivity contribution < 1.29 is 9.53 Å². The molecule has 5 nitrogen and oxygen atoms in total. The van der Waals surface area contributed by atoms with Crippen LogP contribution in [-0.2, 0) is 4.74 Å². The van der Waals surface area contributed by atoms with E-state index in [4.69, 9.17) is 10.5 Å². The lowest BCUT2D eigenvalue weighted by molar-refractivity contribution is 0.0739. The number of likely N-dealkylation sites (N-methyl/N-ethyl adjacent to an activating group) is 1. The van der Waals surface area contributed by atoms with Crippen LogP contribution in [0.1, 0.15) is 10.5 Å². The minimum Gasteiger partial charge on any atom is -0.384 e. The summed E-state index contributed by atoms with van der Waals surface area (Å²) in [7, 11) is 3.29. The number of amides is 1. The van der Waals surface area contributed by atoms with E-state index >= 15 is 0 Å². The predicted molar refractivity (Wildman–Crippen MR) is 64.7 cm³/mol. The number of halogens is 1. The molecular formula is C10H16ClN3O2. The molecule has 0 aliphatic rings. The van der Waals surface area contributed by atoms with E-state index in [1.54, 1.807) is 37.3 Å². The second-order valence-electron chi connectivity index (χ2n) is 3.17. The van der Waals surface area contributed by atoms with E-state index in [0.29, 0.717) is 24.7 Å². The summed E-state index contributed by atoms with van der Waals surface area (Å²) in [6, 6.07) is 4.99. The Balaban J connectivity index is 0.00000225. The summed E-state index contributed by atoms with van der Waals surface area (Å²) in [4.78, 5) is 17.2. The zero-order valence-electron chi connectivity index (χ0n) is 9.34. The predicted octanol–water partition coefficient (Wildman–Crippen LogP) is 0.804. The van der Waals surface area contributed by atoms with Crippen molar-refractivity contribution >= 4 is 24.1 Å². The number of ether oxygens (including phenoxy) is 1. The highest BCUT2D eigenvalue weighted by molar-refractivity contribution is 5.92. The second-order valence-corrected chi connectivity index (χ2v) is 3.17. The van der Waals surface area contributed by atoms with Gasteiger partial charge in [-0.1, -0.05) is 6.07 Å². The van der Waals surface area contributed by atoms with E-state index in [1.165, 1.54) is 0 Å². The molecule has 0 aliphatic carbocycles. The number of carbonyl (C=O) groups is 1. The third-order valence-corrected chi connectivity index (χ3v) is 1.97. The van der Waals surface area contributed by atoms with Gasteiger partial charge in [-0.25, -0.2) is 4.98 Å². The summed E-state index contributed by atoms with van der Waals surface area (Å²) in [6.07, 6.45) is 0. The van der Waals surface area contributed by atoms with Crippen molar-refractivity contribution in [1.82, 2.24) is 9.88 Å². The molecule has 6 heteroatoms. The number of nitrogens with two attached hydrogens (primary N) is 1. The van der Waals surface area contributed by atoms with Crippen molar-refractivity contribution in [2.45, 2.75) is 0 Å². The number of methoxy groups -OCH3 is 1. The molecule has 90 valence electrons. The van der Waals surface area contributed by atoms with Crippen molar-refractivity contribution in [3.05, 3.63) is 23.9 Å². The maximum Gasteiger partial charge on any atom is 0.272 e. The number of hydrogen-bond donors (Lipinski definition) is 1. The Labute approximate surface area is 101 Å². The highest BCUT2D eigenvalue weighted by Gasteiger charge is 2.12. The molecule has 1 amide bonds. The van der Waals surface area contributed by atoms with E-state index in [-0.39, 0.29) is 18.3 Å². The van der Waals surface area contributed by atoms with E-state index in [9.17, 15) is 4.79 Å². The number of hydrogen-bond acceptors (Lipinski definition) is 4. The molecular weight excluding hydrogens is 230 g/mol. The molecule has 1 heterocycles. The van der Waals surface area contributed by atoms with Crippen LogP contribution in [0.4, 0.5) is 5.82 Å². The first kappa shape index (κ1) is 14.7. The van der Waals surface area contributed by atoms with Gasteiger partial charge in [0.1, 0.15) is 11.5 Å². The summed E-state index contributed by atoms with van der Waals surface area (Å²) in [5.74, 6) is 0.195. The SMILES string of the molecule is COCCN(C)C(=O)c1cccc(N)n1.Cl. The highest BCUT2D eigenvalue weighted by Crippen LogP contribution is 2.03.